The molecular formula is C6H7Br3N2. The molecule has 0 fully saturated rings. The monoisotopic (exact) mass is 344 g/mol. The SMILES string of the molecule is Br.NNc1cccc(Br)c1Br. The van der Waals surface area contributed by atoms with Gasteiger partial charge in [-0.2, -0.15) is 0 Å². The van der Waals surface area contributed by atoms with Gasteiger partial charge in [0.05, 0.1) is 10.2 Å². The predicted molar refractivity (Wildman–Crippen MR) is 60.0 cm³/mol. The minimum absolute atomic E-state index is 0. The molecule has 0 saturated heterocycles. The lowest BCUT2D eigenvalue weighted by atomic mass is 10.3. The molecule has 11 heavy (non-hydrogen) atoms. The molecule has 0 aromatic heterocycles. The molecule has 1 rings (SSSR count). The number of hydrogen-bond donors (Lipinski definition) is 2. The van der Waals surface area contributed by atoms with Crippen molar-refractivity contribution in [2.45, 2.75) is 0 Å². The van der Waals surface area contributed by atoms with Gasteiger partial charge in [0.15, 0.2) is 0 Å². The van der Waals surface area contributed by atoms with E-state index in [0.29, 0.717) is 0 Å². The third-order valence-electron chi connectivity index (χ3n) is 1.11. The predicted octanol–water partition coefficient (Wildman–Crippen LogP) is 3.08. The van der Waals surface area contributed by atoms with Crippen LogP contribution < -0.4 is 11.3 Å². The fourth-order valence-electron chi connectivity index (χ4n) is 0.615. The van der Waals surface area contributed by atoms with Gasteiger partial charge in [-0.1, -0.05) is 6.07 Å². The Balaban J connectivity index is 0.000001000. The zero-order valence-electron chi connectivity index (χ0n) is 5.47. The molecule has 0 spiro atoms. The number of anilines is 1. The molecule has 0 atom stereocenters. The third-order valence-corrected chi connectivity index (χ3v) is 3.15. The molecular weight excluding hydrogens is 340 g/mol. The number of hydrogen-bond acceptors (Lipinski definition) is 2. The van der Waals surface area contributed by atoms with Crippen molar-refractivity contribution in [3.05, 3.63) is 27.1 Å². The Labute approximate surface area is 92.5 Å². The van der Waals surface area contributed by atoms with Crippen molar-refractivity contribution in [3.63, 3.8) is 0 Å². The van der Waals surface area contributed by atoms with Gasteiger partial charge in [-0.3, -0.25) is 5.84 Å². The Morgan fingerprint density at radius 1 is 1.27 bits per heavy atom. The van der Waals surface area contributed by atoms with Crippen LogP contribution in [0.2, 0.25) is 0 Å². The Hall–Kier alpha value is 0.420. The highest BCUT2D eigenvalue weighted by Crippen LogP contribution is 2.29. The van der Waals surface area contributed by atoms with Gasteiger partial charge in [-0.15, -0.1) is 17.0 Å². The molecule has 3 N–H and O–H groups in total. The van der Waals surface area contributed by atoms with Crippen molar-refractivity contribution in [1.82, 2.24) is 0 Å². The number of benzene rings is 1. The van der Waals surface area contributed by atoms with E-state index in [9.17, 15) is 0 Å². The van der Waals surface area contributed by atoms with Crippen LogP contribution in [0.4, 0.5) is 5.69 Å². The first-order valence-electron chi connectivity index (χ1n) is 2.66. The van der Waals surface area contributed by atoms with E-state index >= 15 is 0 Å². The fourth-order valence-corrected chi connectivity index (χ4v) is 1.36. The molecule has 1 aromatic rings. The van der Waals surface area contributed by atoms with Crippen LogP contribution in [0.5, 0.6) is 0 Å². The van der Waals surface area contributed by atoms with Crippen molar-refractivity contribution >= 4 is 54.5 Å². The lowest BCUT2D eigenvalue weighted by Gasteiger charge is -2.02. The maximum Gasteiger partial charge on any atom is 0.0638 e. The van der Waals surface area contributed by atoms with Gasteiger partial charge in [0, 0.05) is 4.47 Å². The van der Waals surface area contributed by atoms with Crippen LogP contribution in [0.1, 0.15) is 0 Å². The van der Waals surface area contributed by atoms with E-state index in [0.717, 1.165) is 14.6 Å². The van der Waals surface area contributed by atoms with Crippen LogP contribution >= 0.6 is 48.8 Å². The number of nitrogens with two attached hydrogens (primary N) is 1. The lowest BCUT2D eigenvalue weighted by Crippen LogP contribution is -2.06. The first-order chi connectivity index (χ1) is 4.75. The zero-order chi connectivity index (χ0) is 7.56. The Kier molecular flexibility index (Phi) is 5.33. The van der Waals surface area contributed by atoms with E-state index in [1.54, 1.807) is 0 Å². The summed E-state index contributed by atoms with van der Waals surface area (Å²) in [5, 5.41) is 0. The van der Waals surface area contributed by atoms with Crippen LogP contribution in [0.15, 0.2) is 27.1 Å². The van der Waals surface area contributed by atoms with Gasteiger partial charge in [0.25, 0.3) is 0 Å². The Bertz CT molecular complexity index is 239. The van der Waals surface area contributed by atoms with Crippen LogP contribution in [-0.4, -0.2) is 0 Å². The number of hydrazine groups is 1. The fraction of sp³-hybridized carbons (Fsp3) is 0. The lowest BCUT2D eigenvalue weighted by molar-refractivity contribution is 1.33. The van der Waals surface area contributed by atoms with E-state index in [1.165, 1.54) is 0 Å². The van der Waals surface area contributed by atoms with Crippen molar-refractivity contribution in [2.75, 3.05) is 5.43 Å². The minimum Gasteiger partial charge on any atom is -0.323 e. The minimum atomic E-state index is 0. The quantitative estimate of drug-likeness (QED) is 0.606. The topological polar surface area (TPSA) is 38.0 Å². The second kappa shape index (κ2) is 5.13. The standard InChI is InChI=1S/C6H6Br2N2.BrH/c7-4-2-1-3-5(10-9)6(4)8;/h1-3,10H,9H2;1H. The van der Waals surface area contributed by atoms with E-state index in [4.69, 9.17) is 5.84 Å². The normalized spacial score (nSPS) is 8.64. The van der Waals surface area contributed by atoms with E-state index < -0.39 is 0 Å². The highest BCUT2D eigenvalue weighted by Gasteiger charge is 1.99. The summed E-state index contributed by atoms with van der Waals surface area (Å²) in [6.45, 7) is 0. The largest absolute Gasteiger partial charge is 0.323 e. The van der Waals surface area contributed by atoms with Gasteiger partial charge in [0.2, 0.25) is 0 Å². The van der Waals surface area contributed by atoms with Crippen LogP contribution in [0.3, 0.4) is 0 Å². The first kappa shape index (κ1) is 11.4. The van der Waals surface area contributed by atoms with Crippen molar-refractivity contribution < 1.29 is 0 Å². The molecule has 2 nitrogen and oxygen atoms in total. The average molecular weight is 347 g/mol. The van der Waals surface area contributed by atoms with Gasteiger partial charge < -0.3 is 5.43 Å². The molecule has 5 heteroatoms. The molecule has 1 aromatic carbocycles. The molecule has 0 saturated carbocycles. The van der Waals surface area contributed by atoms with Crippen LogP contribution in [0.25, 0.3) is 0 Å². The van der Waals surface area contributed by atoms with Crippen LogP contribution in [-0.2, 0) is 0 Å². The molecule has 0 aliphatic rings. The molecule has 0 aliphatic heterocycles. The van der Waals surface area contributed by atoms with Gasteiger partial charge in [-0.05, 0) is 44.0 Å². The number of halogens is 3. The molecule has 0 radical (unpaired) electrons. The summed E-state index contributed by atoms with van der Waals surface area (Å²) in [7, 11) is 0. The summed E-state index contributed by atoms with van der Waals surface area (Å²) in [5.74, 6) is 5.22. The number of nitrogens with one attached hydrogen (secondary N) is 1. The highest BCUT2D eigenvalue weighted by atomic mass is 79.9. The maximum atomic E-state index is 5.22. The molecule has 0 bridgehead atoms. The third kappa shape index (κ3) is 2.74. The zero-order valence-corrected chi connectivity index (χ0v) is 10.4. The van der Waals surface area contributed by atoms with Crippen molar-refractivity contribution in [1.29, 1.82) is 0 Å². The van der Waals surface area contributed by atoms with Gasteiger partial charge >= 0.3 is 0 Å². The van der Waals surface area contributed by atoms with E-state index in [-0.39, 0.29) is 17.0 Å². The second-order valence-corrected chi connectivity index (χ2v) is 3.39. The highest BCUT2D eigenvalue weighted by molar-refractivity contribution is 9.13. The smallest absolute Gasteiger partial charge is 0.0638 e. The number of nitrogen functional groups attached to an aromatic ring is 1. The van der Waals surface area contributed by atoms with E-state index in [2.05, 4.69) is 37.3 Å². The summed E-state index contributed by atoms with van der Waals surface area (Å²) >= 11 is 6.70. The summed E-state index contributed by atoms with van der Waals surface area (Å²) in [6.07, 6.45) is 0. The summed E-state index contributed by atoms with van der Waals surface area (Å²) in [4.78, 5) is 0. The van der Waals surface area contributed by atoms with Crippen molar-refractivity contribution in [2.24, 2.45) is 5.84 Å². The molecule has 0 heterocycles. The number of rotatable bonds is 1. The average Bonchev–Trinajstić information content (AvgIpc) is 1.95. The van der Waals surface area contributed by atoms with Crippen LogP contribution in [0, 0.1) is 0 Å². The van der Waals surface area contributed by atoms with Crippen molar-refractivity contribution in [3.8, 4) is 0 Å². The van der Waals surface area contributed by atoms with Gasteiger partial charge in [0.1, 0.15) is 0 Å². The molecule has 62 valence electrons. The maximum absolute atomic E-state index is 5.22. The summed E-state index contributed by atoms with van der Waals surface area (Å²) in [5.41, 5.74) is 3.43. The Morgan fingerprint density at radius 2 is 1.91 bits per heavy atom. The van der Waals surface area contributed by atoms with Gasteiger partial charge in [-0.25, -0.2) is 0 Å². The molecule has 0 amide bonds. The summed E-state index contributed by atoms with van der Waals surface area (Å²) < 4.78 is 1.93. The molecule has 0 unspecified atom stereocenters. The van der Waals surface area contributed by atoms with E-state index in [1.807, 2.05) is 18.2 Å². The molecule has 0 aliphatic carbocycles. The first-order valence-corrected chi connectivity index (χ1v) is 4.25. The second-order valence-electron chi connectivity index (χ2n) is 1.75. The summed E-state index contributed by atoms with van der Waals surface area (Å²) in [6, 6.07) is 5.73. The Morgan fingerprint density at radius 3 is 2.36 bits per heavy atom.